The summed E-state index contributed by atoms with van der Waals surface area (Å²) >= 11 is 1.27. The van der Waals surface area contributed by atoms with E-state index in [9.17, 15) is 9.59 Å². The molecule has 8 heteroatoms. The van der Waals surface area contributed by atoms with Crippen molar-refractivity contribution >= 4 is 40.1 Å². The van der Waals surface area contributed by atoms with Crippen LogP contribution in [-0.4, -0.2) is 47.9 Å². The number of aliphatic imine (C=N–C) groups is 1. The zero-order valence-electron chi connectivity index (χ0n) is 16.5. The fraction of sp³-hybridized carbons (Fsp3) is 0.286. The van der Waals surface area contributed by atoms with Crippen LogP contribution in [0.1, 0.15) is 13.3 Å². The van der Waals surface area contributed by atoms with E-state index in [4.69, 9.17) is 9.47 Å². The number of ether oxygens (including phenoxy) is 2. The molecular weight excluding hydrogens is 390 g/mol. The van der Waals surface area contributed by atoms with Gasteiger partial charge < -0.3 is 14.8 Å². The van der Waals surface area contributed by atoms with Gasteiger partial charge in [0.25, 0.3) is 0 Å². The Morgan fingerprint density at radius 3 is 2.69 bits per heavy atom. The third-order valence-corrected chi connectivity index (χ3v) is 5.51. The minimum atomic E-state index is -0.563. The average molecular weight is 413 g/mol. The number of hydrogen-bond acceptors (Lipinski definition) is 6. The average Bonchev–Trinajstić information content (AvgIpc) is 2.72. The number of amidine groups is 1. The maximum Gasteiger partial charge on any atom is 0.238 e. The Kier molecular flexibility index (Phi) is 6.77. The number of rotatable bonds is 6. The van der Waals surface area contributed by atoms with E-state index in [1.165, 1.54) is 16.7 Å². The summed E-state index contributed by atoms with van der Waals surface area (Å²) in [6.07, 6.45) is 0.111. The number of methoxy groups -OCH3 is 1. The summed E-state index contributed by atoms with van der Waals surface area (Å²) in [7, 11) is 3.26. The third-order valence-electron chi connectivity index (χ3n) is 4.27. The summed E-state index contributed by atoms with van der Waals surface area (Å²) in [5, 5.41) is 2.78. The van der Waals surface area contributed by atoms with Crippen molar-refractivity contribution in [3.8, 4) is 11.5 Å². The number of nitrogens with zero attached hydrogens (tertiary/aromatic N) is 2. The summed E-state index contributed by atoms with van der Waals surface area (Å²) in [6.45, 7) is 2.44. The molecule has 2 aromatic rings. The SMILES string of the molecule is CCOc1cccc(NC(=O)[C@@H]2CC(=O)N(C)C(=Nc3ccc(OC)cc3)S2)c1. The topological polar surface area (TPSA) is 80.2 Å². The van der Waals surface area contributed by atoms with E-state index in [-0.39, 0.29) is 18.2 Å². The lowest BCUT2D eigenvalue weighted by Gasteiger charge is -2.28. The van der Waals surface area contributed by atoms with Gasteiger partial charge in [-0.25, -0.2) is 4.99 Å². The van der Waals surface area contributed by atoms with Gasteiger partial charge in [0.05, 0.1) is 19.4 Å². The molecule has 1 saturated heterocycles. The molecule has 152 valence electrons. The van der Waals surface area contributed by atoms with Crippen LogP contribution in [0.15, 0.2) is 53.5 Å². The maximum atomic E-state index is 12.8. The highest BCUT2D eigenvalue weighted by Crippen LogP contribution is 2.30. The van der Waals surface area contributed by atoms with Crippen LogP contribution < -0.4 is 14.8 Å². The van der Waals surface area contributed by atoms with Crippen LogP contribution >= 0.6 is 11.8 Å². The van der Waals surface area contributed by atoms with Crippen LogP contribution in [0.3, 0.4) is 0 Å². The molecule has 0 spiro atoms. The first-order chi connectivity index (χ1) is 14.0. The van der Waals surface area contributed by atoms with Crippen molar-refractivity contribution in [2.45, 2.75) is 18.6 Å². The molecule has 2 aromatic carbocycles. The van der Waals surface area contributed by atoms with Crippen molar-refractivity contribution in [2.24, 2.45) is 4.99 Å². The normalized spacial score (nSPS) is 17.9. The van der Waals surface area contributed by atoms with Crippen molar-refractivity contribution in [2.75, 3.05) is 26.1 Å². The van der Waals surface area contributed by atoms with Gasteiger partial charge in [0.15, 0.2) is 5.17 Å². The van der Waals surface area contributed by atoms with E-state index < -0.39 is 5.25 Å². The van der Waals surface area contributed by atoms with Gasteiger partial charge >= 0.3 is 0 Å². The number of benzene rings is 2. The predicted octanol–water partition coefficient (Wildman–Crippen LogP) is 3.68. The summed E-state index contributed by atoms with van der Waals surface area (Å²) < 4.78 is 10.6. The standard InChI is InChI=1S/C21H23N3O4S/c1-4-28-17-7-5-6-15(12-17)22-20(26)18-13-19(25)24(2)21(29-18)23-14-8-10-16(27-3)11-9-14/h5-12,18H,4,13H2,1-3H3,(H,22,26)/t18-/m0/s1. The lowest BCUT2D eigenvalue weighted by atomic mass is 10.2. The van der Waals surface area contributed by atoms with Crippen molar-refractivity contribution in [3.05, 3.63) is 48.5 Å². The first kappa shape index (κ1) is 20.7. The smallest absolute Gasteiger partial charge is 0.238 e. The molecule has 1 heterocycles. The van der Waals surface area contributed by atoms with Crippen molar-refractivity contribution in [1.82, 2.24) is 4.90 Å². The Hall–Kier alpha value is -3.00. The van der Waals surface area contributed by atoms with E-state index in [2.05, 4.69) is 10.3 Å². The van der Waals surface area contributed by atoms with Gasteiger partial charge in [0.1, 0.15) is 16.7 Å². The fourth-order valence-corrected chi connectivity index (χ4v) is 3.78. The Morgan fingerprint density at radius 2 is 2.00 bits per heavy atom. The zero-order chi connectivity index (χ0) is 20.8. The van der Waals surface area contributed by atoms with E-state index in [1.54, 1.807) is 50.6 Å². The van der Waals surface area contributed by atoms with Crippen LogP contribution in [0.4, 0.5) is 11.4 Å². The second kappa shape index (κ2) is 9.47. The van der Waals surface area contributed by atoms with Crippen LogP contribution in [-0.2, 0) is 9.59 Å². The number of amides is 2. The molecule has 29 heavy (non-hydrogen) atoms. The van der Waals surface area contributed by atoms with Gasteiger partial charge in [-0.05, 0) is 43.3 Å². The molecule has 1 N–H and O–H groups in total. The van der Waals surface area contributed by atoms with Crippen LogP contribution in [0.25, 0.3) is 0 Å². The van der Waals surface area contributed by atoms with Gasteiger partial charge in [-0.2, -0.15) is 0 Å². The van der Waals surface area contributed by atoms with E-state index in [0.29, 0.717) is 28.9 Å². The van der Waals surface area contributed by atoms with Gasteiger partial charge in [-0.15, -0.1) is 0 Å². The summed E-state index contributed by atoms with van der Waals surface area (Å²) in [4.78, 5) is 31.2. The van der Waals surface area contributed by atoms with Crippen molar-refractivity contribution in [3.63, 3.8) is 0 Å². The number of nitrogens with one attached hydrogen (secondary N) is 1. The van der Waals surface area contributed by atoms with Crippen molar-refractivity contribution in [1.29, 1.82) is 0 Å². The fourth-order valence-electron chi connectivity index (χ4n) is 2.72. The van der Waals surface area contributed by atoms with E-state index in [1.807, 2.05) is 19.1 Å². The number of thioether (sulfide) groups is 1. The third kappa shape index (κ3) is 5.29. The van der Waals surface area contributed by atoms with Crippen molar-refractivity contribution < 1.29 is 19.1 Å². The number of carbonyl (C=O) groups is 2. The Morgan fingerprint density at radius 1 is 1.24 bits per heavy atom. The molecule has 0 radical (unpaired) electrons. The van der Waals surface area contributed by atoms with Crippen LogP contribution in [0, 0.1) is 0 Å². The van der Waals surface area contributed by atoms with Gasteiger partial charge in [-0.3, -0.25) is 14.5 Å². The summed E-state index contributed by atoms with van der Waals surface area (Å²) in [6, 6.07) is 14.4. The lowest BCUT2D eigenvalue weighted by Crippen LogP contribution is -2.43. The number of carbonyl (C=O) groups excluding carboxylic acids is 2. The second-order valence-corrected chi connectivity index (χ2v) is 7.48. The first-order valence-corrected chi connectivity index (χ1v) is 10.1. The van der Waals surface area contributed by atoms with Gasteiger partial charge in [-0.1, -0.05) is 17.8 Å². The molecule has 0 saturated carbocycles. The quantitative estimate of drug-likeness (QED) is 0.781. The molecule has 0 bridgehead atoms. The first-order valence-electron chi connectivity index (χ1n) is 9.20. The Labute approximate surface area is 174 Å². The highest BCUT2D eigenvalue weighted by Gasteiger charge is 2.34. The predicted molar refractivity (Wildman–Crippen MR) is 115 cm³/mol. The minimum Gasteiger partial charge on any atom is -0.497 e. The van der Waals surface area contributed by atoms with E-state index in [0.717, 1.165) is 5.75 Å². The number of hydrogen-bond donors (Lipinski definition) is 1. The second-order valence-electron chi connectivity index (χ2n) is 6.31. The highest BCUT2D eigenvalue weighted by molar-refractivity contribution is 8.15. The Balaban J connectivity index is 1.74. The molecule has 0 unspecified atom stereocenters. The monoisotopic (exact) mass is 413 g/mol. The highest BCUT2D eigenvalue weighted by atomic mass is 32.2. The molecule has 7 nitrogen and oxygen atoms in total. The molecule has 1 aliphatic rings. The molecule has 3 rings (SSSR count). The zero-order valence-corrected chi connectivity index (χ0v) is 17.4. The molecule has 2 amide bonds. The molecule has 0 aliphatic carbocycles. The van der Waals surface area contributed by atoms with E-state index >= 15 is 0 Å². The molecule has 0 aromatic heterocycles. The van der Waals surface area contributed by atoms with Gasteiger partial charge in [0, 0.05) is 25.2 Å². The number of anilines is 1. The van der Waals surface area contributed by atoms with Crippen LogP contribution in [0.5, 0.6) is 11.5 Å². The minimum absolute atomic E-state index is 0.111. The Bertz CT molecular complexity index is 914. The molecular formula is C21H23N3O4S. The van der Waals surface area contributed by atoms with Gasteiger partial charge in [0.2, 0.25) is 11.8 Å². The lowest BCUT2D eigenvalue weighted by molar-refractivity contribution is -0.128. The molecule has 1 aliphatic heterocycles. The largest absolute Gasteiger partial charge is 0.497 e. The molecule has 1 atom stereocenters. The summed E-state index contributed by atoms with van der Waals surface area (Å²) in [5.74, 6) is 1.01. The maximum absolute atomic E-state index is 12.8. The molecule has 1 fully saturated rings. The summed E-state index contributed by atoms with van der Waals surface area (Å²) in [5.41, 5.74) is 1.31. The van der Waals surface area contributed by atoms with Crippen LogP contribution in [0.2, 0.25) is 0 Å².